The Balaban J connectivity index is 1.72. The smallest absolute Gasteiger partial charge is 0.195 e. The van der Waals surface area contributed by atoms with Crippen molar-refractivity contribution in [3.05, 3.63) is 89.6 Å². The van der Waals surface area contributed by atoms with E-state index in [1.54, 1.807) is 14.2 Å². The number of hydrogen-bond donors (Lipinski definition) is 0. The molecule has 4 rings (SSSR count). The lowest BCUT2D eigenvalue weighted by molar-refractivity contribution is 0.103. The normalized spacial score (nSPS) is 11.9. The molecule has 32 heavy (non-hydrogen) atoms. The monoisotopic (exact) mass is 429 g/mol. The first-order chi connectivity index (χ1) is 15.5. The molecule has 1 aromatic heterocycles. The van der Waals surface area contributed by atoms with Gasteiger partial charge in [-0.3, -0.25) is 4.79 Å². The second-order valence-corrected chi connectivity index (χ2v) is 7.74. The number of ether oxygens (including phenoxy) is 3. The molecule has 3 aromatic carbocycles. The molecule has 0 aliphatic carbocycles. The predicted molar refractivity (Wildman–Crippen MR) is 126 cm³/mol. The Kier molecular flexibility index (Phi) is 6.17. The van der Waals surface area contributed by atoms with Gasteiger partial charge in [-0.15, -0.1) is 0 Å². The zero-order chi connectivity index (χ0) is 22.7. The lowest BCUT2D eigenvalue weighted by atomic mass is 10.0. The van der Waals surface area contributed by atoms with E-state index in [9.17, 15) is 4.79 Å². The minimum atomic E-state index is 0.00313. The molecule has 0 amide bonds. The number of carbonyl (C=O) groups is 1. The number of benzene rings is 3. The number of rotatable bonds is 8. The van der Waals surface area contributed by atoms with Gasteiger partial charge in [0.2, 0.25) is 0 Å². The first-order valence-corrected chi connectivity index (χ1v) is 10.6. The van der Waals surface area contributed by atoms with Crippen LogP contribution < -0.4 is 14.2 Å². The molecule has 0 N–H and O–H groups in total. The molecule has 1 atom stereocenters. The summed E-state index contributed by atoms with van der Waals surface area (Å²) in [6.45, 7) is 4.55. The summed E-state index contributed by atoms with van der Waals surface area (Å²) in [5.41, 5.74) is 3.25. The highest BCUT2D eigenvalue weighted by atomic mass is 16.5. The maximum absolute atomic E-state index is 13.5. The Morgan fingerprint density at radius 3 is 2.16 bits per heavy atom. The van der Waals surface area contributed by atoms with Gasteiger partial charge in [0.15, 0.2) is 5.78 Å². The summed E-state index contributed by atoms with van der Waals surface area (Å²) in [5.74, 6) is 2.28. The highest BCUT2D eigenvalue weighted by Gasteiger charge is 2.24. The summed E-state index contributed by atoms with van der Waals surface area (Å²) in [7, 11) is 3.27. The van der Waals surface area contributed by atoms with Crippen LogP contribution in [0.1, 0.15) is 34.6 Å². The summed E-state index contributed by atoms with van der Waals surface area (Å²) >= 11 is 0. The van der Waals surface area contributed by atoms with E-state index >= 15 is 0 Å². The summed E-state index contributed by atoms with van der Waals surface area (Å²) in [5, 5.41) is 0.881. The molecule has 0 radical (unpaired) electrons. The van der Waals surface area contributed by atoms with Crippen molar-refractivity contribution in [3.63, 3.8) is 0 Å². The molecule has 5 nitrogen and oxygen atoms in total. The van der Waals surface area contributed by atoms with Gasteiger partial charge in [0.1, 0.15) is 23.9 Å². The van der Waals surface area contributed by atoms with E-state index < -0.39 is 0 Å². The highest BCUT2D eigenvalue weighted by Crippen LogP contribution is 2.33. The van der Waals surface area contributed by atoms with Crippen LogP contribution in [0.2, 0.25) is 0 Å². The molecule has 164 valence electrons. The van der Waals surface area contributed by atoms with Gasteiger partial charge in [0.05, 0.1) is 25.8 Å². The van der Waals surface area contributed by atoms with Crippen molar-refractivity contribution in [2.45, 2.75) is 19.9 Å². The molecule has 0 spiro atoms. The summed E-state index contributed by atoms with van der Waals surface area (Å²) in [6.07, 6.45) is 0. The third-order valence-corrected chi connectivity index (χ3v) is 5.71. The van der Waals surface area contributed by atoms with Gasteiger partial charge in [-0.05, 0) is 56.3 Å². The van der Waals surface area contributed by atoms with Gasteiger partial charge in [-0.2, -0.15) is 0 Å². The lowest BCUT2D eigenvalue weighted by Crippen LogP contribution is -2.16. The minimum absolute atomic E-state index is 0.00313. The molecule has 0 saturated carbocycles. The maximum Gasteiger partial charge on any atom is 0.195 e. The van der Waals surface area contributed by atoms with Gasteiger partial charge >= 0.3 is 0 Å². The third-order valence-electron chi connectivity index (χ3n) is 5.71. The van der Waals surface area contributed by atoms with Gasteiger partial charge < -0.3 is 18.8 Å². The zero-order valence-electron chi connectivity index (χ0n) is 18.8. The Hall–Kier alpha value is -3.73. The fourth-order valence-electron chi connectivity index (χ4n) is 4.10. The van der Waals surface area contributed by atoms with E-state index in [0.29, 0.717) is 17.7 Å². The average molecular weight is 430 g/mol. The number of ketones is 1. The van der Waals surface area contributed by atoms with Crippen LogP contribution in [0.4, 0.5) is 0 Å². The van der Waals surface area contributed by atoms with Crippen LogP contribution in [0.15, 0.2) is 72.8 Å². The SMILES string of the molecule is COc1ccc(OCC(C)n2c(C)c(C(=O)c3ccccc3)c3cc(OC)ccc32)cc1. The van der Waals surface area contributed by atoms with Crippen molar-refractivity contribution < 1.29 is 19.0 Å². The molecule has 0 fully saturated rings. The fourth-order valence-corrected chi connectivity index (χ4v) is 4.10. The van der Waals surface area contributed by atoms with Crippen molar-refractivity contribution in [1.82, 2.24) is 4.57 Å². The molecule has 0 aliphatic heterocycles. The van der Waals surface area contributed by atoms with E-state index in [1.165, 1.54) is 0 Å². The maximum atomic E-state index is 13.5. The molecule has 4 aromatic rings. The van der Waals surface area contributed by atoms with Crippen molar-refractivity contribution in [2.24, 2.45) is 0 Å². The Morgan fingerprint density at radius 2 is 1.50 bits per heavy atom. The summed E-state index contributed by atoms with van der Waals surface area (Å²) in [6, 6.07) is 22.8. The van der Waals surface area contributed by atoms with Gasteiger partial charge in [0, 0.05) is 22.2 Å². The first kappa shape index (κ1) is 21.5. The molecule has 1 heterocycles. The van der Waals surface area contributed by atoms with E-state index in [2.05, 4.69) is 11.5 Å². The van der Waals surface area contributed by atoms with Crippen LogP contribution in [0.3, 0.4) is 0 Å². The molecule has 0 bridgehead atoms. The van der Waals surface area contributed by atoms with Crippen molar-refractivity contribution in [2.75, 3.05) is 20.8 Å². The van der Waals surface area contributed by atoms with Crippen LogP contribution in [-0.4, -0.2) is 31.2 Å². The van der Waals surface area contributed by atoms with Crippen LogP contribution in [0.25, 0.3) is 10.9 Å². The molecule has 5 heteroatoms. The van der Waals surface area contributed by atoms with Crippen LogP contribution in [0, 0.1) is 6.92 Å². The van der Waals surface area contributed by atoms with Gasteiger partial charge in [-0.1, -0.05) is 30.3 Å². The van der Waals surface area contributed by atoms with Crippen LogP contribution >= 0.6 is 0 Å². The number of aromatic nitrogens is 1. The summed E-state index contributed by atoms with van der Waals surface area (Å²) < 4.78 is 18.9. The van der Waals surface area contributed by atoms with E-state index in [4.69, 9.17) is 14.2 Å². The number of methoxy groups -OCH3 is 2. The Bertz CT molecular complexity index is 1230. The quantitative estimate of drug-likeness (QED) is 0.330. The van der Waals surface area contributed by atoms with Gasteiger partial charge in [-0.25, -0.2) is 0 Å². The molecular weight excluding hydrogens is 402 g/mol. The van der Waals surface area contributed by atoms with Gasteiger partial charge in [0.25, 0.3) is 0 Å². The van der Waals surface area contributed by atoms with Crippen molar-refractivity contribution >= 4 is 16.7 Å². The van der Waals surface area contributed by atoms with Crippen LogP contribution in [-0.2, 0) is 0 Å². The van der Waals surface area contributed by atoms with E-state index in [0.717, 1.165) is 33.8 Å². The molecule has 1 unspecified atom stereocenters. The number of carbonyl (C=O) groups excluding carboxylic acids is 1. The Labute approximate surface area is 188 Å². The minimum Gasteiger partial charge on any atom is -0.497 e. The first-order valence-electron chi connectivity index (χ1n) is 10.6. The predicted octanol–water partition coefficient (Wildman–Crippen LogP) is 5.84. The standard InChI is InChI=1S/C27H27NO4/c1-18(17-32-22-12-10-21(30-3)11-13-22)28-19(2)26(27(29)20-8-6-5-7-9-20)24-16-23(31-4)14-15-25(24)28/h5-16,18H,17H2,1-4H3. The second-order valence-electron chi connectivity index (χ2n) is 7.74. The third kappa shape index (κ3) is 4.06. The highest BCUT2D eigenvalue weighted by molar-refractivity contribution is 6.17. The topological polar surface area (TPSA) is 49.7 Å². The molecular formula is C27H27NO4. The number of nitrogens with zero attached hydrogens (tertiary/aromatic N) is 1. The fraction of sp³-hybridized carbons (Fsp3) is 0.222. The summed E-state index contributed by atoms with van der Waals surface area (Å²) in [4.78, 5) is 13.5. The largest absolute Gasteiger partial charge is 0.497 e. The van der Waals surface area contributed by atoms with E-state index in [-0.39, 0.29) is 11.8 Å². The van der Waals surface area contributed by atoms with Crippen molar-refractivity contribution in [1.29, 1.82) is 0 Å². The van der Waals surface area contributed by atoms with E-state index in [1.807, 2.05) is 79.7 Å². The van der Waals surface area contributed by atoms with Crippen LogP contribution in [0.5, 0.6) is 17.2 Å². The number of fused-ring (bicyclic) bond motifs is 1. The molecule has 0 aliphatic rings. The molecule has 0 saturated heterocycles. The number of hydrogen-bond acceptors (Lipinski definition) is 4. The second kappa shape index (κ2) is 9.18. The Morgan fingerprint density at radius 1 is 0.875 bits per heavy atom. The van der Waals surface area contributed by atoms with Crippen molar-refractivity contribution in [3.8, 4) is 17.2 Å². The zero-order valence-corrected chi connectivity index (χ0v) is 18.8. The average Bonchev–Trinajstić information content (AvgIpc) is 3.13. The lowest BCUT2D eigenvalue weighted by Gasteiger charge is -2.19.